The zero-order chi connectivity index (χ0) is 14.1. The minimum absolute atomic E-state index is 0.0955. The van der Waals surface area contributed by atoms with Gasteiger partial charge in [-0.3, -0.25) is 4.90 Å². The Bertz CT molecular complexity index is 496. The Morgan fingerprint density at radius 3 is 2.60 bits per heavy atom. The van der Waals surface area contributed by atoms with Crippen molar-refractivity contribution in [3.63, 3.8) is 0 Å². The summed E-state index contributed by atoms with van der Waals surface area (Å²) >= 11 is 0. The molecular formula is C16H24N3O+. The fraction of sp³-hybridized carbons (Fsp3) is 0.625. The Morgan fingerprint density at radius 1 is 1.20 bits per heavy atom. The van der Waals surface area contributed by atoms with Crippen molar-refractivity contribution in [1.82, 2.24) is 9.80 Å². The van der Waals surface area contributed by atoms with Gasteiger partial charge in [0.15, 0.2) is 0 Å². The van der Waals surface area contributed by atoms with Crippen LogP contribution in [-0.4, -0.2) is 40.4 Å². The second-order valence-corrected chi connectivity index (χ2v) is 5.82. The molecule has 3 rings (SSSR count). The summed E-state index contributed by atoms with van der Waals surface area (Å²) in [5.41, 5.74) is 2.02. The highest BCUT2D eigenvalue weighted by molar-refractivity contribution is 5.43. The smallest absolute Gasteiger partial charge is 0.264 e. The van der Waals surface area contributed by atoms with Crippen LogP contribution in [0.2, 0.25) is 0 Å². The van der Waals surface area contributed by atoms with Gasteiger partial charge in [-0.05, 0) is 32.0 Å². The second kappa shape index (κ2) is 5.62. The molecule has 20 heavy (non-hydrogen) atoms. The van der Waals surface area contributed by atoms with E-state index in [-0.39, 0.29) is 12.3 Å². The van der Waals surface area contributed by atoms with Crippen LogP contribution < -0.4 is 0 Å². The summed E-state index contributed by atoms with van der Waals surface area (Å²) in [7, 11) is 0. The molecule has 4 heteroatoms. The molecule has 1 aromatic rings. The van der Waals surface area contributed by atoms with Crippen molar-refractivity contribution in [3.8, 4) is 0 Å². The average Bonchev–Trinajstić information content (AvgIpc) is 2.51. The molecule has 2 aliphatic heterocycles. The highest BCUT2D eigenvalue weighted by atomic mass is 16.3. The molecule has 4 nitrogen and oxygen atoms in total. The third kappa shape index (κ3) is 2.17. The molecule has 2 unspecified atom stereocenters. The van der Waals surface area contributed by atoms with Crippen molar-refractivity contribution < 1.29 is 4.76 Å². The van der Waals surface area contributed by atoms with Crippen molar-refractivity contribution in [2.24, 2.45) is 0 Å². The lowest BCUT2D eigenvalue weighted by atomic mass is 10.0. The van der Waals surface area contributed by atoms with Gasteiger partial charge in [0, 0.05) is 24.4 Å². The van der Waals surface area contributed by atoms with Crippen LogP contribution in [0.4, 0.5) is 5.69 Å². The number of likely N-dealkylation sites (tertiary alicyclic amines) is 1. The zero-order valence-corrected chi connectivity index (χ0v) is 12.5. The molecule has 2 atom stereocenters. The van der Waals surface area contributed by atoms with Crippen LogP contribution in [0, 0.1) is 4.91 Å². The highest BCUT2D eigenvalue weighted by Gasteiger charge is 2.45. The number of nitrogens with zero attached hydrogens (tertiary/aromatic N) is 3. The van der Waals surface area contributed by atoms with E-state index in [2.05, 4.69) is 22.8 Å². The summed E-state index contributed by atoms with van der Waals surface area (Å²) in [6, 6.07) is 8.09. The normalized spacial score (nSPS) is 28.4. The van der Waals surface area contributed by atoms with Gasteiger partial charge < -0.3 is 0 Å². The summed E-state index contributed by atoms with van der Waals surface area (Å²) in [5.74, 6) is 0. The summed E-state index contributed by atoms with van der Waals surface area (Å²) in [5, 5.41) is 0. The lowest BCUT2D eigenvalue weighted by Gasteiger charge is -2.43. The van der Waals surface area contributed by atoms with Gasteiger partial charge in [0.25, 0.3) is 11.9 Å². The summed E-state index contributed by atoms with van der Waals surface area (Å²) in [6.07, 6.45) is 4.04. The van der Waals surface area contributed by atoms with Crippen LogP contribution in [0.3, 0.4) is 0 Å². The van der Waals surface area contributed by atoms with E-state index >= 15 is 0 Å². The molecule has 1 fully saturated rings. The first kappa shape index (κ1) is 13.7. The molecule has 0 bridgehead atoms. The number of hydrogen-bond donors (Lipinski definition) is 0. The molecule has 2 aliphatic rings. The molecule has 0 amide bonds. The zero-order valence-electron chi connectivity index (χ0n) is 12.5. The number of rotatable bonds is 2. The van der Waals surface area contributed by atoms with E-state index in [0.717, 1.165) is 25.3 Å². The number of hydrogen-bond acceptors (Lipinski definition) is 3. The van der Waals surface area contributed by atoms with Crippen molar-refractivity contribution in [2.45, 2.75) is 45.4 Å². The topological polar surface area (TPSA) is 26.6 Å². The van der Waals surface area contributed by atoms with E-state index in [1.54, 1.807) is 0 Å². The van der Waals surface area contributed by atoms with Gasteiger partial charge in [-0.2, -0.15) is 0 Å². The largest absolute Gasteiger partial charge is 0.284 e. The number of piperidine rings is 1. The molecular weight excluding hydrogens is 250 g/mol. The molecule has 0 aliphatic carbocycles. The van der Waals surface area contributed by atoms with Crippen LogP contribution in [0.1, 0.15) is 44.8 Å². The maximum Gasteiger partial charge on any atom is 0.264 e. The fourth-order valence-corrected chi connectivity index (χ4v) is 3.63. The van der Waals surface area contributed by atoms with Gasteiger partial charge in [-0.15, -0.1) is 0 Å². The molecule has 0 radical (unpaired) electrons. The van der Waals surface area contributed by atoms with Crippen LogP contribution in [0.5, 0.6) is 0 Å². The molecule has 0 spiro atoms. The van der Waals surface area contributed by atoms with Crippen molar-refractivity contribution in [3.05, 3.63) is 34.7 Å². The minimum atomic E-state index is -0.0955. The Hall–Kier alpha value is -1.26. The SMILES string of the molecule is CCN1C(N2CCCCC2)c2ccccc2[N+](=O)C1C. The van der Waals surface area contributed by atoms with Crippen molar-refractivity contribution in [1.29, 1.82) is 0 Å². The maximum atomic E-state index is 12.5. The maximum absolute atomic E-state index is 12.5. The van der Waals surface area contributed by atoms with E-state index < -0.39 is 0 Å². The van der Waals surface area contributed by atoms with E-state index in [9.17, 15) is 4.91 Å². The van der Waals surface area contributed by atoms with E-state index in [4.69, 9.17) is 0 Å². The average molecular weight is 274 g/mol. The Labute approximate surface area is 120 Å². The van der Waals surface area contributed by atoms with Crippen LogP contribution in [-0.2, 0) is 0 Å². The number of benzene rings is 1. The number of fused-ring (bicyclic) bond motifs is 1. The Balaban J connectivity index is 2.03. The third-order valence-corrected chi connectivity index (χ3v) is 4.69. The summed E-state index contributed by atoms with van der Waals surface area (Å²) < 4.78 is 1.17. The summed E-state index contributed by atoms with van der Waals surface area (Å²) in [4.78, 5) is 17.3. The minimum Gasteiger partial charge on any atom is -0.284 e. The molecule has 0 aromatic heterocycles. The van der Waals surface area contributed by atoms with Gasteiger partial charge in [0.2, 0.25) is 0 Å². The Morgan fingerprint density at radius 2 is 1.90 bits per heavy atom. The quantitative estimate of drug-likeness (QED) is 0.774. The predicted octanol–water partition coefficient (Wildman–Crippen LogP) is 3.26. The van der Waals surface area contributed by atoms with E-state index in [1.165, 1.54) is 29.6 Å². The lowest BCUT2D eigenvalue weighted by molar-refractivity contribution is -0.544. The third-order valence-electron chi connectivity index (χ3n) is 4.69. The summed E-state index contributed by atoms with van der Waals surface area (Å²) in [6.45, 7) is 7.34. The Kier molecular flexibility index (Phi) is 3.85. The van der Waals surface area contributed by atoms with Crippen molar-refractivity contribution in [2.75, 3.05) is 19.6 Å². The van der Waals surface area contributed by atoms with Crippen molar-refractivity contribution >= 4 is 5.69 Å². The molecule has 108 valence electrons. The molecule has 1 saturated heterocycles. The van der Waals surface area contributed by atoms with Gasteiger partial charge in [0.05, 0.1) is 10.3 Å². The monoisotopic (exact) mass is 274 g/mol. The van der Waals surface area contributed by atoms with Gasteiger partial charge in [-0.1, -0.05) is 25.5 Å². The standard InChI is InChI=1S/C16H24N3O/c1-3-18-13(2)19(20)15-10-6-5-9-14(15)16(18)17-11-7-4-8-12-17/h5-6,9-10,13,16H,3-4,7-8,11-12H2,1-2H3/q+1. The number of para-hydroxylation sites is 1. The van der Waals surface area contributed by atoms with Crippen LogP contribution in [0.25, 0.3) is 0 Å². The van der Waals surface area contributed by atoms with E-state index in [1.807, 2.05) is 25.1 Å². The molecule has 0 N–H and O–H groups in total. The first-order chi connectivity index (χ1) is 9.74. The molecule has 1 aromatic carbocycles. The highest BCUT2D eigenvalue weighted by Crippen LogP contribution is 2.39. The predicted molar refractivity (Wildman–Crippen MR) is 79.7 cm³/mol. The van der Waals surface area contributed by atoms with Gasteiger partial charge in [0.1, 0.15) is 6.17 Å². The second-order valence-electron chi connectivity index (χ2n) is 5.82. The van der Waals surface area contributed by atoms with Crippen LogP contribution in [0.15, 0.2) is 24.3 Å². The fourth-order valence-electron chi connectivity index (χ4n) is 3.63. The van der Waals surface area contributed by atoms with Gasteiger partial charge in [-0.25, -0.2) is 4.90 Å². The molecule has 0 saturated carbocycles. The van der Waals surface area contributed by atoms with E-state index in [0.29, 0.717) is 0 Å². The first-order valence-electron chi connectivity index (χ1n) is 7.79. The van der Waals surface area contributed by atoms with Crippen LogP contribution >= 0.6 is 0 Å². The first-order valence-corrected chi connectivity index (χ1v) is 7.79. The molecule has 2 heterocycles. The number of nitroso groups, excluding NO2 is 1. The lowest BCUT2D eigenvalue weighted by Crippen LogP contribution is -2.52. The van der Waals surface area contributed by atoms with Gasteiger partial charge >= 0.3 is 0 Å².